The Balaban J connectivity index is 0.000000399. The number of benzene rings is 2. The molecule has 19 heavy (non-hydrogen) atoms. The Morgan fingerprint density at radius 2 is 1.21 bits per heavy atom. The van der Waals surface area contributed by atoms with Crippen molar-refractivity contribution in [3.05, 3.63) is 60.7 Å². The third kappa shape index (κ3) is 5.81. The Labute approximate surface area is 125 Å². The molecule has 0 aliphatic heterocycles. The van der Waals surface area contributed by atoms with E-state index in [1.165, 1.54) is 10.4 Å². The van der Waals surface area contributed by atoms with E-state index in [-0.39, 0.29) is 9.76 Å². The highest BCUT2D eigenvalue weighted by molar-refractivity contribution is 6.81. The smallest absolute Gasteiger partial charge is 0.227 e. The van der Waals surface area contributed by atoms with Gasteiger partial charge in [0.2, 0.25) is 9.04 Å². The molecule has 2 rings (SSSR count). The second-order valence-corrected chi connectivity index (χ2v) is 10.9. The fourth-order valence-electron chi connectivity index (χ4n) is 1.72. The predicted molar refractivity (Wildman–Crippen MR) is 95.8 cm³/mol. The van der Waals surface area contributed by atoms with Crippen LogP contribution in [0, 0.1) is 0 Å². The van der Waals surface area contributed by atoms with Crippen molar-refractivity contribution in [1.29, 1.82) is 0 Å². The quantitative estimate of drug-likeness (QED) is 0.621. The van der Waals surface area contributed by atoms with Gasteiger partial charge < -0.3 is 8.23 Å². The van der Waals surface area contributed by atoms with Gasteiger partial charge in [0.25, 0.3) is 0 Å². The highest BCUT2D eigenvalue weighted by Gasteiger charge is 2.14. The van der Waals surface area contributed by atoms with Crippen LogP contribution in [0.15, 0.2) is 60.7 Å². The molecule has 2 aromatic rings. The van der Waals surface area contributed by atoms with E-state index in [1.807, 2.05) is 12.1 Å². The molecule has 0 unspecified atom stereocenters. The molecule has 0 bridgehead atoms. The summed E-state index contributed by atoms with van der Waals surface area (Å²) in [6, 6.07) is 21.1. The molecule has 0 aliphatic carbocycles. The van der Waals surface area contributed by atoms with E-state index < -0.39 is 9.04 Å². The largest absolute Gasteiger partial charge is 0.468 e. The van der Waals surface area contributed by atoms with Gasteiger partial charge in [-0.15, -0.1) is 0 Å². The summed E-state index contributed by atoms with van der Waals surface area (Å²) in [5.74, 6) is 0. The first-order chi connectivity index (χ1) is 9.33. The number of rotatable bonds is 4. The first-order valence-electron chi connectivity index (χ1n) is 6.45. The summed E-state index contributed by atoms with van der Waals surface area (Å²) in [7, 11) is 0.373. The van der Waals surface area contributed by atoms with Crippen LogP contribution in [-0.2, 0) is 8.23 Å². The van der Waals surface area contributed by atoms with E-state index >= 15 is 0 Å². The number of hydrogen-bond acceptors (Lipinski definition) is 2. The van der Waals surface area contributed by atoms with Gasteiger partial charge in [0.15, 0.2) is 0 Å². The van der Waals surface area contributed by atoms with Crippen LogP contribution < -0.4 is 10.4 Å². The van der Waals surface area contributed by atoms with Gasteiger partial charge in [-0.05, 0) is 10.4 Å². The Hall–Kier alpha value is -0.772. The maximum atomic E-state index is 5.80. The molecular weight excluding hydrogens is 300 g/mol. The van der Waals surface area contributed by atoms with Gasteiger partial charge >= 0.3 is 0 Å². The summed E-state index contributed by atoms with van der Waals surface area (Å²) in [5, 5.41) is 2.72. The molecule has 0 N–H and O–H groups in total. The fraction of sp³-hybridized carbons (Fsp3) is 0.0769. The van der Waals surface area contributed by atoms with E-state index in [0.29, 0.717) is 0 Å². The van der Waals surface area contributed by atoms with Gasteiger partial charge in [-0.3, -0.25) is 0 Å². The van der Waals surface area contributed by atoms with E-state index in [4.69, 9.17) is 8.23 Å². The van der Waals surface area contributed by atoms with Gasteiger partial charge in [0, 0.05) is 0 Å². The molecular formula is C13H22O2Si4. The molecule has 102 valence electrons. The van der Waals surface area contributed by atoms with Crippen LogP contribution in [0.4, 0.5) is 0 Å². The Kier molecular flexibility index (Phi) is 8.63. The van der Waals surface area contributed by atoms with E-state index in [9.17, 15) is 0 Å². The van der Waals surface area contributed by atoms with Crippen LogP contribution in [0.5, 0.6) is 0 Å². The van der Waals surface area contributed by atoms with Crippen LogP contribution in [0.25, 0.3) is 0 Å². The van der Waals surface area contributed by atoms with E-state index in [2.05, 4.69) is 55.1 Å². The zero-order valence-electron chi connectivity index (χ0n) is 11.9. The topological polar surface area (TPSA) is 18.5 Å². The van der Waals surface area contributed by atoms with Gasteiger partial charge in [-0.25, -0.2) is 0 Å². The average molecular weight is 323 g/mol. The summed E-state index contributed by atoms with van der Waals surface area (Å²) >= 11 is 0. The second-order valence-electron chi connectivity index (χ2n) is 4.01. The molecule has 2 aromatic carbocycles. The van der Waals surface area contributed by atoms with E-state index in [0.717, 1.165) is 21.0 Å². The lowest BCUT2D eigenvalue weighted by atomic mass is 10.4. The molecule has 0 fully saturated rings. The lowest BCUT2D eigenvalue weighted by Gasteiger charge is -2.14. The average Bonchev–Trinajstić information content (AvgIpc) is 2.50. The molecule has 0 aliphatic rings. The van der Waals surface area contributed by atoms with Crippen LogP contribution in [-0.4, -0.2) is 39.8 Å². The highest BCUT2D eigenvalue weighted by atomic mass is 28.3. The monoisotopic (exact) mass is 322 g/mol. The first-order valence-corrected chi connectivity index (χ1v) is 11.7. The molecule has 0 radical (unpaired) electrons. The van der Waals surface area contributed by atoms with Crippen LogP contribution >= 0.6 is 0 Å². The maximum absolute atomic E-state index is 5.80. The van der Waals surface area contributed by atoms with Gasteiger partial charge in [0.05, 0.1) is 0 Å². The van der Waals surface area contributed by atoms with E-state index in [1.54, 1.807) is 0 Å². The Morgan fingerprint density at radius 3 is 1.47 bits per heavy atom. The Bertz CT molecular complexity index is 397. The van der Waals surface area contributed by atoms with Crippen molar-refractivity contribution in [3.8, 4) is 0 Å². The first kappa shape index (κ1) is 16.3. The zero-order valence-corrected chi connectivity index (χ0v) is 18.4. The zero-order chi connectivity index (χ0) is 13.9. The minimum atomic E-state index is -1.37. The lowest BCUT2D eigenvalue weighted by molar-refractivity contribution is 0.661. The third-order valence-corrected chi connectivity index (χ3v) is 8.90. The van der Waals surface area contributed by atoms with Crippen molar-refractivity contribution in [3.63, 3.8) is 0 Å². The molecule has 6 heteroatoms. The SMILES string of the molecule is C[SiH2]O[SiH3].[SiH3]O[SiH](c1ccccc1)c1ccccc1. The second kappa shape index (κ2) is 10.1. The van der Waals surface area contributed by atoms with Crippen molar-refractivity contribution in [2.24, 2.45) is 0 Å². The normalized spacial score (nSPS) is 10.8. The standard InChI is InChI=1S/C12H14OSi2.CH8OSi2/c14-13-15(11-7-3-1-4-8-11)12-9-5-2-6-10-12;1-4-2-3/h1-10,15H,14H3;4H2,1,3H3. The van der Waals surface area contributed by atoms with Crippen LogP contribution in [0.1, 0.15) is 0 Å². The lowest BCUT2D eigenvalue weighted by Crippen LogP contribution is -2.44. The molecule has 0 saturated heterocycles. The van der Waals surface area contributed by atoms with Crippen LogP contribution in [0.3, 0.4) is 0 Å². The predicted octanol–water partition coefficient (Wildman–Crippen LogP) is -1.76. The molecule has 0 aromatic heterocycles. The molecule has 0 heterocycles. The number of hydrogen-bond donors (Lipinski definition) is 0. The summed E-state index contributed by atoms with van der Waals surface area (Å²) < 4.78 is 10.6. The Morgan fingerprint density at radius 1 is 0.842 bits per heavy atom. The van der Waals surface area contributed by atoms with Gasteiger partial charge in [0.1, 0.15) is 30.7 Å². The summed E-state index contributed by atoms with van der Waals surface area (Å²) in [6.07, 6.45) is 0. The molecule has 0 atom stereocenters. The van der Waals surface area contributed by atoms with Crippen LogP contribution in [0.2, 0.25) is 6.55 Å². The minimum absolute atomic E-state index is 0.0139. The summed E-state index contributed by atoms with van der Waals surface area (Å²) in [5.41, 5.74) is 0. The van der Waals surface area contributed by atoms with Crippen molar-refractivity contribution in [2.75, 3.05) is 0 Å². The molecule has 0 saturated carbocycles. The summed E-state index contributed by atoms with van der Waals surface area (Å²) in [4.78, 5) is 0. The van der Waals surface area contributed by atoms with Crippen molar-refractivity contribution < 1.29 is 8.23 Å². The fourth-order valence-corrected chi connectivity index (χ4v) is 5.43. The van der Waals surface area contributed by atoms with Crippen molar-refractivity contribution in [2.45, 2.75) is 6.55 Å². The molecule has 2 nitrogen and oxygen atoms in total. The maximum Gasteiger partial charge on any atom is 0.227 e. The minimum Gasteiger partial charge on any atom is -0.468 e. The third-order valence-electron chi connectivity index (χ3n) is 2.73. The van der Waals surface area contributed by atoms with Gasteiger partial charge in [-0.2, -0.15) is 0 Å². The van der Waals surface area contributed by atoms with Crippen molar-refractivity contribution >= 4 is 50.1 Å². The summed E-state index contributed by atoms with van der Waals surface area (Å²) in [6.45, 7) is 2.13. The molecule has 0 amide bonds. The highest BCUT2D eigenvalue weighted by Crippen LogP contribution is 1.92. The van der Waals surface area contributed by atoms with Gasteiger partial charge in [-0.1, -0.05) is 67.2 Å². The molecule has 0 spiro atoms. The van der Waals surface area contributed by atoms with Crippen molar-refractivity contribution in [1.82, 2.24) is 0 Å².